The smallest absolute Gasteiger partial charge is 0.0921 e. The van der Waals surface area contributed by atoms with Gasteiger partial charge < -0.3 is 4.98 Å². The van der Waals surface area contributed by atoms with Gasteiger partial charge in [-0.1, -0.05) is 25.5 Å². The van der Waals surface area contributed by atoms with Crippen LogP contribution in [0.1, 0.15) is 39.3 Å². The second kappa shape index (κ2) is 3.84. The molecule has 15 heavy (non-hydrogen) atoms. The predicted octanol–water partition coefficient (Wildman–Crippen LogP) is 3.33. The van der Waals surface area contributed by atoms with Gasteiger partial charge in [0, 0.05) is 11.9 Å². The summed E-state index contributed by atoms with van der Waals surface area (Å²) in [5, 5.41) is 0. The Bertz CT molecular complexity index is 347. The van der Waals surface area contributed by atoms with E-state index >= 15 is 0 Å². The topological polar surface area (TPSA) is 28.7 Å². The first-order chi connectivity index (χ1) is 7.05. The van der Waals surface area contributed by atoms with Gasteiger partial charge in [0.25, 0.3) is 0 Å². The van der Waals surface area contributed by atoms with Gasteiger partial charge in [0.2, 0.25) is 0 Å². The fourth-order valence-electron chi connectivity index (χ4n) is 2.87. The molecule has 2 nitrogen and oxygen atoms in total. The second-order valence-electron chi connectivity index (χ2n) is 5.60. The monoisotopic (exact) mass is 204 g/mol. The molecule has 82 valence electrons. The van der Waals surface area contributed by atoms with Crippen molar-refractivity contribution < 1.29 is 0 Å². The van der Waals surface area contributed by atoms with E-state index in [0.717, 1.165) is 6.42 Å². The van der Waals surface area contributed by atoms with Crippen LogP contribution >= 0.6 is 0 Å². The average molecular weight is 204 g/mol. The summed E-state index contributed by atoms with van der Waals surface area (Å²) in [5.41, 5.74) is 3.25. The van der Waals surface area contributed by atoms with Crippen molar-refractivity contribution in [1.82, 2.24) is 9.97 Å². The van der Waals surface area contributed by atoms with Crippen LogP contribution in [0.2, 0.25) is 0 Å². The maximum Gasteiger partial charge on any atom is 0.0921 e. The van der Waals surface area contributed by atoms with E-state index in [1.807, 2.05) is 6.20 Å². The Kier molecular flexibility index (Phi) is 2.68. The van der Waals surface area contributed by atoms with Gasteiger partial charge in [0.15, 0.2) is 0 Å². The maximum absolute atomic E-state index is 4.07. The Hall–Kier alpha value is -1.05. The van der Waals surface area contributed by atoms with Crippen LogP contribution in [0, 0.1) is 11.3 Å². The van der Waals surface area contributed by atoms with Crippen molar-refractivity contribution in [3.05, 3.63) is 29.9 Å². The normalized spacial score (nSPS) is 25.0. The van der Waals surface area contributed by atoms with Crippen LogP contribution in [0.15, 0.2) is 24.2 Å². The molecule has 0 saturated heterocycles. The number of imidazole rings is 1. The second-order valence-corrected chi connectivity index (χ2v) is 5.60. The SMILES string of the molecule is CC1=CC(Cc2cnc[nH]2)CC(C)(C)C1. The van der Waals surface area contributed by atoms with Crippen LogP contribution in [0.5, 0.6) is 0 Å². The lowest BCUT2D eigenvalue weighted by molar-refractivity contribution is 0.269. The largest absolute Gasteiger partial charge is 0.348 e. The zero-order valence-corrected chi connectivity index (χ0v) is 9.88. The van der Waals surface area contributed by atoms with E-state index in [1.165, 1.54) is 24.1 Å². The molecule has 2 rings (SSSR count). The van der Waals surface area contributed by atoms with Crippen molar-refractivity contribution in [3.63, 3.8) is 0 Å². The zero-order chi connectivity index (χ0) is 10.9. The molecule has 0 radical (unpaired) electrons. The quantitative estimate of drug-likeness (QED) is 0.735. The molecule has 1 N–H and O–H groups in total. The minimum absolute atomic E-state index is 0.462. The summed E-state index contributed by atoms with van der Waals surface area (Å²) in [7, 11) is 0. The van der Waals surface area contributed by atoms with E-state index in [4.69, 9.17) is 0 Å². The molecule has 0 aromatic carbocycles. The van der Waals surface area contributed by atoms with Crippen molar-refractivity contribution in [3.8, 4) is 0 Å². The highest BCUT2D eigenvalue weighted by Gasteiger charge is 2.27. The molecular weight excluding hydrogens is 184 g/mol. The minimum Gasteiger partial charge on any atom is -0.348 e. The van der Waals surface area contributed by atoms with Crippen LogP contribution in [0.3, 0.4) is 0 Å². The molecule has 0 saturated carbocycles. The number of H-pyrrole nitrogens is 1. The number of nitrogens with one attached hydrogen (secondary N) is 1. The number of aromatic amines is 1. The van der Waals surface area contributed by atoms with Crippen molar-refractivity contribution in [2.75, 3.05) is 0 Å². The molecule has 0 bridgehead atoms. The molecule has 1 unspecified atom stereocenters. The highest BCUT2D eigenvalue weighted by atomic mass is 14.9. The number of hydrogen-bond donors (Lipinski definition) is 1. The lowest BCUT2D eigenvalue weighted by Crippen LogP contribution is -2.22. The Morgan fingerprint density at radius 3 is 2.93 bits per heavy atom. The van der Waals surface area contributed by atoms with E-state index < -0.39 is 0 Å². The standard InChI is InChI=1S/C13H20N2/c1-10-4-11(7-13(2,3)6-10)5-12-8-14-9-15-12/h4,8-9,11H,5-7H2,1-3H3,(H,14,15). The molecule has 1 atom stereocenters. The van der Waals surface area contributed by atoms with E-state index in [9.17, 15) is 0 Å². The molecular formula is C13H20N2. The van der Waals surface area contributed by atoms with Gasteiger partial charge in [0.05, 0.1) is 6.33 Å². The first kappa shape index (κ1) is 10.5. The predicted molar refractivity (Wildman–Crippen MR) is 62.6 cm³/mol. The van der Waals surface area contributed by atoms with Gasteiger partial charge in [-0.05, 0) is 37.5 Å². The first-order valence-electron chi connectivity index (χ1n) is 5.70. The number of allylic oxidation sites excluding steroid dienone is 2. The number of aromatic nitrogens is 2. The van der Waals surface area contributed by atoms with Gasteiger partial charge >= 0.3 is 0 Å². The summed E-state index contributed by atoms with van der Waals surface area (Å²) >= 11 is 0. The zero-order valence-electron chi connectivity index (χ0n) is 9.88. The summed E-state index contributed by atoms with van der Waals surface area (Å²) in [6.45, 7) is 6.98. The Morgan fingerprint density at radius 1 is 1.53 bits per heavy atom. The van der Waals surface area contributed by atoms with Crippen molar-refractivity contribution in [2.24, 2.45) is 11.3 Å². The fourth-order valence-corrected chi connectivity index (χ4v) is 2.87. The number of hydrogen-bond acceptors (Lipinski definition) is 1. The summed E-state index contributed by atoms with van der Waals surface area (Å²) < 4.78 is 0. The summed E-state index contributed by atoms with van der Waals surface area (Å²) in [6, 6.07) is 0. The lowest BCUT2D eigenvalue weighted by atomic mass is 9.72. The van der Waals surface area contributed by atoms with Crippen LogP contribution in [-0.4, -0.2) is 9.97 Å². The van der Waals surface area contributed by atoms with Crippen molar-refractivity contribution in [2.45, 2.75) is 40.0 Å². The maximum atomic E-state index is 4.07. The molecule has 0 spiro atoms. The molecule has 1 aliphatic rings. The van der Waals surface area contributed by atoms with Crippen LogP contribution in [-0.2, 0) is 6.42 Å². The summed E-state index contributed by atoms with van der Waals surface area (Å²) in [6.07, 6.45) is 9.76. The van der Waals surface area contributed by atoms with E-state index in [0.29, 0.717) is 11.3 Å². The molecule has 1 heterocycles. The van der Waals surface area contributed by atoms with Crippen LogP contribution in [0.25, 0.3) is 0 Å². The van der Waals surface area contributed by atoms with Crippen LogP contribution < -0.4 is 0 Å². The minimum atomic E-state index is 0.462. The molecule has 0 aliphatic heterocycles. The molecule has 0 fully saturated rings. The fraction of sp³-hybridized carbons (Fsp3) is 0.615. The van der Waals surface area contributed by atoms with Gasteiger partial charge in [-0.2, -0.15) is 0 Å². The number of nitrogens with zero attached hydrogens (tertiary/aromatic N) is 1. The Balaban J connectivity index is 2.07. The Morgan fingerprint density at radius 2 is 2.33 bits per heavy atom. The third kappa shape index (κ3) is 2.71. The van der Waals surface area contributed by atoms with Gasteiger partial charge in [-0.25, -0.2) is 4.98 Å². The van der Waals surface area contributed by atoms with Gasteiger partial charge in [-0.3, -0.25) is 0 Å². The first-order valence-corrected chi connectivity index (χ1v) is 5.70. The van der Waals surface area contributed by atoms with Crippen molar-refractivity contribution >= 4 is 0 Å². The van der Waals surface area contributed by atoms with Crippen molar-refractivity contribution in [1.29, 1.82) is 0 Å². The van der Waals surface area contributed by atoms with Gasteiger partial charge in [0.1, 0.15) is 0 Å². The molecule has 1 aromatic rings. The molecule has 2 heteroatoms. The molecule has 1 aromatic heterocycles. The highest BCUT2D eigenvalue weighted by Crippen LogP contribution is 2.38. The highest BCUT2D eigenvalue weighted by molar-refractivity contribution is 5.12. The number of rotatable bonds is 2. The van der Waals surface area contributed by atoms with E-state index in [-0.39, 0.29) is 0 Å². The summed E-state index contributed by atoms with van der Waals surface area (Å²) in [4.78, 5) is 7.25. The van der Waals surface area contributed by atoms with Crippen LogP contribution in [0.4, 0.5) is 0 Å². The molecule has 1 aliphatic carbocycles. The third-order valence-corrected chi connectivity index (χ3v) is 3.13. The van der Waals surface area contributed by atoms with Gasteiger partial charge in [-0.15, -0.1) is 0 Å². The van der Waals surface area contributed by atoms with E-state index in [1.54, 1.807) is 6.33 Å². The third-order valence-electron chi connectivity index (χ3n) is 3.13. The Labute approximate surface area is 91.8 Å². The van der Waals surface area contributed by atoms with E-state index in [2.05, 4.69) is 36.8 Å². The molecule has 0 amide bonds. The summed E-state index contributed by atoms with van der Waals surface area (Å²) in [5.74, 6) is 0.675. The average Bonchev–Trinajstić information content (AvgIpc) is 2.52. The lowest BCUT2D eigenvalue weighted by Gasteiger charge is -2.33.